The second-order valence-corrected chi connectivity index (χ2v) is 3.45. The van der Waals surface area contributed by atoms with Gasteiger partial charge < -0.3 is 4.74 Å². The van der Waals surface area contributed by atoms with E-state index in [1.165, 1.54) is 12.3 Å². The van der Waals surface area contributed by atoms with Gasteiger partial charge >= 0.3 is 6.18 Å². The van der Waals surface area contributed by atoms with E-state index in [1.807, 2.05) is 6.92 Å². The quantitative estimate of drug-likeness (QED) is 0.654. The van der Waals surface area contributed by atoms with Gasteiger partial charge in [0.05, 0.1) is 6.61 Å². The van der Waals surface area contributed by atoms with Crippen LogP contribution >= 0.6 is 0 Å². The SMILES string of the molecule is CC1(c2ccc(C(F)(F)F)nc2)CO1. The minimum Gasteiger partial charge on any atom is -0.365 e. The van der Waals surface area contributed by atoms with E-state index < -0.39 is 17.5 Å². The molecule has 76 valence electrons. The smallest absolute Gasteiger partial charge is 0.365 e. The zero-order valence-electron chi connectivity index (χ0n) is 7.43. The van der Waals surface area contributed by atoms with Crippen LogP contribution in [-0.4, -0.2) is 11.6 Å². The minimum atomic E-state index is -4.37. The van der Waals surface area contributed by atoms with E-state index in [4.69, 9.17) is 4.74 Å². The second kappa shape index (κ2) is 2.70. The highest BCUT2D eigenvalue weighted by Crippen LogP contribution is 2.38. The van der Waals surface area contributed by atoms with Gasteiger partial charge in [-0.05, 0) is 13.0 Å². The van der Waals surface area contributed by atoms with Crippen molar-refractivity contribution in [3.05, 3.63) is 29.6 Å². The van der Waals surface area contributed by atoms with Crippen LogP contribution in [0.2, 0.25) is 0 Å². The molecule has 0 amide bonds. The third-order valence-corrected chi connectivity index (χ3v) is 2.24. The maximum absolute atomic E-state index is 12.1. The highest BCUT2D eigenvalue weighted by molar-refractivity contribution is 5.24. The Morgan fingerprint density at radius 3 is 2.43 bits per heavy atom. The molecule has 0 bridgehead atoms. The highest BCUT2D eigenvalue weighted by atomic mass is 19.4. The Bertz CT molecular complexity index is 316. The van der Waals surface area contributed by atoms with Gasteiger partial charge in [-0.1, -0.05) is 6.07 Å². The summed E-state index contributed by atoms with van der Waals surface area (Å²) in [5.74, 6) is 0. The predicted octanol–water partition coefficient (Wildman–Crippen LogP) is 2.35. The van der Waals surface area contributed by atoms with Gasteiger partial charge in [0.2, 0.25) is 0 Å². The lowest BCUT2D eigenvalue weighted by molar-refractivity contribution is -0.141. The standard InChI is InChI=1S/C9H8F3NO/c1-8(5-14-8)6-2-3-7(13-4-6)9(10,11)12/h2-4H,5H2,1H3. The monoisotopic (exact) mass is 203 g/mol. The highest BCUT2D eigenvalue weighted by Gasteiger charge is 2.42. The van der Waals surface area contributed by atoms with Crippen LogP contribution in [-0.2, 0) is 16.5 Å². The first-order valence-electron chi connectivity index (χ1n) is 4.09. The Labute approximate surface area is 78.7 Å². The van der Waals surface area contributed by atoms with Crippen molar-refractivity contribution in [3.8, 4) is 0 Å². The van der Waals surface area contributed by atoms with Crippen molar-refractivity contribution in [3.63, 3.8) is 0 Å². The van der Waals surface area contributed by atoms with Crippen LogP contribution < -0.4 is 0 Å². The molecule has 1 atom stereocenters. The Kier molecular flexibility index (Phi) is 1.82. The van der Waals surface area contributed by atoms with Gasteiger partial charge in [0, 0.05) is 11.8 Å². The van der Waals surface area contributed by atoms with Gasteiger partial charge in [-0.3, -0.25) is 4.98 Å². The molecule has 0 aliphatic carbocycles. The zero-order chi connectivity index (χ0) is 10.4. The average molecular weight is 203 g/mol. The number of alkyl halides is 3. The Morgan fingerprint density at radius 2 is 2.07 bits per heavy atom. The van der Waals surface area contributed by atoms with Crippen molar-refractivity contribution in [2.24, 2.45) is 0 Å². The molecule has 0 aromatic carbocycles. The van der Waals surface area contributed by atoms with Crippen molar-refractivity contribution in [2.75, 3.05) is 6.61 Å². The Balaban J connectivity index is 2.27. The molecule has 1 aliphatic heterocycles. The number of hydrogen-bond acceptors (Lipinski definition) is 2. The lowest BCUT2D eigenvalue weighted by atomic mass is 10.0. The number of epoxide rings is 1. The molecule has 2 rings (SSSR count). The number of nitrogens with zero attached hydrogens (tertiary/aromatic N) is 1. The van der Waals surface area contributed by atoms with Crippen molar-refractivity contribution in [1.29, 1.82) is 0 Å². The fourth-order valence-electron chi connectivity index (χ4n) is 1.15. The van der Waals surface area contributed by atoms with Crippen LogP contribution in [0.3, 0.4) is 0 Å². The first-order chi connectivity index (χ1) is 6.42. The number of ether oxygens (including phenoxy) is 1. The topological polar surface area (TPSA) is 25.4 Å². The molecule has 0 radical (unpaired) electrons. The molecule has 2 heterocycles. The van der Waals surface area contributed by atoms with Crippen molar-refractivity contribution < 1.29 is 17.9 Å². The lowest BCUT2D eigenvalue weighted by Gasteiger charge is -2.08. The summed E-state index contributed by atoms with van der Waals surface area (Å²) in [5.41, 5.74) is -0.604. The molecule has 14 heavy (non-hydrogen) atoms. The summed E-state index contributed by atoms with van der Waals surface area (Å²) < 4.78 is 41.5. The molecule has 1 saturated heterocycles. The van der Waals surface area contributed by atoms with Gasteiger partial charge in [-0.25, -0.2) is 0 Å². The molecule has 1 fully saturated rings. The van der Waals surface area contributed by atoms with Crippen LogP contribution in [0.25, 0.3) is 0 Å². The van der Waals surface area contributed by atoms with Crippen LogP contribution in [0.1, 0.15) is 18.2 Å². The van der Waals surface area contributed by atoms with E-state index >= 15 is 0 Å². The van der Waals surface area contributed by atoms with E-state index in [-0.39, 0.29) is 0 Å². The van der Waals surface area contributed by atoms with E-state index in [0.717, 1.165) is 6.07 Å². The maximum Gasteiger partial charge on any atom is 0.433 e. The van der Waals surface area contributed by atoms with Gasteiger partial charge in [-0.2, -0.15) is 13.2 Å². The summed E-state index contributed by atoms with van der Waals surface area (Å²) in [6.07, 6.45) is -3.15. The Morgan fingerprint density at radius 1 is 1.43 bits per heavy atom. The third kappa shape index (κ3) is 1.59. The van der Waals surface area contributed by atoms with Crippen LogP contribution in [0.5, 0.6) is 0 Å². The van der Waals surface area contributed by atoms with Crippen molar-refractivity contribution in [1.82, 2.24) is 4.98 Å². The number of halogens is 3. The predicted molar refractivity (Wildman–Crippen MR) is 42.5 cm³/mol. The molecule has 0 spiro atoms. The van der Waals surface area contributed by atoms with Gasteiger partial charge in [0.1, 0.15) is 11.3 Å². The second-order valence-electron chi connectivity index (χ2n) is 3.45. The molecule has 1 aliphatic rings. The fourth-order valence-corrected chi connectivity index (χ4v) is 1.15. The first kappa shape index (κ1) is 9.45. The van der Waals surface area contributed by atoms with E-state index in [2.05, 4.69) is 4.98 Å². The molecule has 0 saturated carbocycles. The van der Waals surface area contributed by atoms with Crippen LogP contribution in [0.4, 0.5) is 13.2 Å². The van der Waals surface area contributed by atoms with Crippen molar-refractivity contribution >= 4 is 0 Å². The maximum atomic E-state index is 12.1. The largest absolute Gasteiger partial charge is 0.433 e. The van der Waals surface area contributed by atoms with Crippen LogP contribution in [0.15, 0.2) is 18.3 Å². The van der Waals surface area contributed by atoms with E-state index in [1.54, 1.807) is 0 Å². The molecule has 2 nitrogen and oxygen atoms in total. The Hall–Kier alpha value is -1.10. The molecular formula is C9H8F3NO. The summed E-state index contributed by atoms with van der Waals surface area (Å²) in [6.45, 7) is 2.36. The van der Waals surface area contributed by atoms with E-state index in [0.29, 0.717) is 12.2 Å². The van der Waals surface area contributed by atoms with Gasteiger partial charge in [0.15, 0.2) is 0 Å². The average Bonchev–Trinajstić information content (AvgIpc) is 2.84. The number of rotatable bonds is 1. The molecule has 1 aromatic heterocycles. The molecule has 5 heteroatoms. The summed E-state index contributed by atoms with van der Waals surface area (Å²) >= 11 is 0. The summed E-state index contributed by atoms with van der Waals surface area (Å²) in [4.78, 5) is 3.35. The summed E-state index contributed by atoms with van der Waals surface area (Å²) in [5, 5.41) is 0. The van der Waals surface area contributed by atoms with Crippen LogP contribution in [0, 0.1) is 0 Å². The number of aromatic nitrogens is 1. The summed E-state index contributed by atoms with van der Waals surface area (Å²) in [6, 6.07) is 2.38. The molecule has 1 unspecified atom stereocenters. The fraction of sp³-hybridized carbons (Fsp3) is 0.444. The van der Waals surface area contributed by atoms with Gasteiger partial charge in [-0.15, -0.1) is 0 Å². The van der Waals surface area contributed by atoms with Gasteiger partial charge in [0.25, 0.3) is 0 Å². The summed E-state index contributed by atoms with van der Waals surface area (Å²) in [7, 11) is 0. The van der Waals surface area contributed by atoms with E-state index in [9.17, 15) is 13.2 Å². The molecule has 1 aromatic rings. The minimum absolute atomic E-state index is 0.420. The lowest BCUT2D eigenvalue weighted by Crippen LogP contribution is -2.10. The first-order valence-corrected chi connectivity index (χ1v) is 4.09. The number of pyridine rings is 1. The third-order valence-electron chi connectivity index (χ3n) is 2.24. The van der Waals surface area contributed by atoms with Crippen molar-refractivity contribution in [2.45, 2.75) is 18.7 Å². The number of hydrogen-bond donors (Lipinski definition) is 0. The zero-order valence-corrected chi connectivity index (χ0v) is 7.43. The normalized spacial score (nSPS) is 26.3. The molecular weight excluding hydrogens is 195 g/mol. The molecule has 0 N–H and O–H groups in total.